The molecule has 1 amide bonds. The van der Waals surface area contributed by atoms with E-state index in [1.165, 1.54) is 18.2 Å². The maximum Gasteiger partial charge on any atom is 0.253 e. The number of sulfone groups is 1. The molecular weight excluding hydrogens is 329 g/mol. The predicted molar refractivity (Wildman–Crippen MR) is 89.0 cm³/mol. The summed E-state index contributed by atoms with van der Waals surface area (Å²) in [7, 11) is -3.38. The highest BCUT2D eigenvalue weighted by atomic mass is 32.2. The lowest BCUT2D eigenvalue weighted by atomic mass is 10.1. The molecular formula is C18H18FNO3S. The van der Waals surface area contributed by atoms with Gasteiger partial charge in [-0.2, -0.15) is 0 Å². The first-order valence-corrected chi connectivity index (χ1v) is 9.37. The molecule has 0 N–H and O–H groups in total. The Labute approximate surface area is 140 Å². The molecule has 0 unspecified atom stereocenters. The highest BCUT2D eigenvalue weighted by Crippen LogP contribution is 2.25. The zero-order valence-corrected chi connectivity index (χ0v) is 13.9. The second-order valence-corrected chi connectivity index (χ2v) is 8.09. The van der Waals surface area contributed by atoms with Gasteiger partial charge in [-0.3, -0.25) is 4.79 Å². The second-order valence-electron chi connectivity index (χ2n) is 5.86. The topological polar surface area (TPSA) is 54.5 Å². The maximum absolute atomic E-state index is 13.3. The fraction of sp³-hybridized carbons (Fsp3) is 0.278. The molecule has 4 nitrogen and oxygen atoms in total. The van der Waals surface area contributed by atoms with Gasteiger partial charge < -0.3 is 4.90 Å². The van der Waals surface area contributed by atoms with Gasteiger partial charge in [-0.25, -0.2) is 12.8 Å². The summed E-state index contributed by atoms with van der Waals surface area (Å²) in [6.07, 6.45) is 0.774. The number of hydrogen-bond acceptors (Lipinski definition) is 3. The number of hydrogen-bond donors (Lipinski definition) is 0. The van der Waals surface area contributed by atoms with Crippen molar-refractivity contribution in [2.45, 2.75) is 23.0 Å². The van der Waals surface area contributed by atoms with E-state index in [9.17, 15) is 17.6 Å². The van der Waals surface area contributed by atoms with E-state index in [4.69, 9.17) is 0 Å². The lowest BCUT2D eigenvalue weighted by molar-refractivity contribution is 0.0725. The Morgan fingerprint density at radius 1 is 1.00 bits per heavy atom. The number of carbonyl (C=O) groups is 1. The summed E-state index contributed by atoms with van der Waals surface area (Å²) in [5, 5.41) is -0.489. The normalized spacial score (nSPS) is 16.1. The molecule has 1 heterocycles. The van der Waals surface area contributed by atoms with Crippen LogP contribution < -0.4 is 0 Å². The third-order valence-electron chi connectivity index (χ3n) is 4.31. The molecule has 0 spiro atoms. The van der Waals surface area contributed by atoms with Crippen molar-refractivity contribution in [3.63, 3.8) is 0 Å². The van der Waals surface area contributed by atoms with Gasteiger partial charge in [-0.1, -0.05) is 24.3 Å². The predicted octanol–water partition coefficient (Wildman–Crippen LogP) is 2.90. The summed E-state index contributed by atoms with van der Waals surface area (Å²) in [4.78, 5) is 14.3. The van der Waals surface area contributed by atoms with Crippen molar-refractivity contribution in [3.05, 3.63) is 66.0 Å². The lowest BCUT2D eigenvalue weighted by Crippen LogP contribution is -2.42. The molecule has 1 fully saturated rings. The zero-order chi connectivity index (χ0) is 17.2. The van der Waals surface area contributed by atoms with Crippen LogP contribution in [0, 0.1) is 5.82 Å². The van der Waals surface area contributed by atoms with Gasteiger partial charge in [0.25, 0.3) is 5.91 Å². The minimum absolute atomic E-state index is 0.259. The fourth-order valence-electron chi connectivity index (χ4n) is 2.98. The summed E-state index contributed by atoms with van der Waals surface area (Å²) in [5.74, 6) is -0.715. The molecule has 0 bridgehead atoms. The van der Waals surface area contributed by atoms with Crippen LogP contribution in [0.25, 0.3) is 0 Å². The molecule has 1 saturated heterocycles. The first-order valence-electron chi connectivity index (χ1n) is 7.82. The number of nitrogens with zero attached hydrogens (tertiary/aromatic N) is 1. The zero-order valence-electron chi connectivity index (χ0n) is 13.1. The number of likely N-dealkylation sites (tertiary alicyclic amines) is 1. The van der Waals surface area contributed by atoms with Crippen molar-refractivity contribution in [3.8, 4) is 0 Å². The molecule has 6 heteroatoms. The van der Waals surface area contributed by atoms with Crippen molar-refractivity contribution in [1.82, 2.24) is 4.90 Å². The SMILES string of the molecule is O=C(c1cccc(F)c1)N1CCC(S(=O)(=O)c2ccccc2)CC1. The molecule has 0 radical (unpaired) electrons. The summed E-state index contributed by atoms with van der Waals surface area (Å²) in [6, 6.07) is 13.9. The van der Waals surface area contributed by atoms with Gasteiger partial charge in [-0.15, -0.1) is 0 Å². The van der Waals surface area contributed by atoms with E-state index in [1.54, 1.807) is 41.3 Å². The molecule has 2 aromatic carbocycles. The third kappa shape index (κ3) is 3.33. The van der Waals surface area contributed by atoms with Gasteiger partial charge in [0.2, 0.25) is 0 Å². The Morgan fingerprint density at radius 3 is 2.29 bits per heavy atom. The molecule has 126 valence electrons. The molecule has 0 saturated carbocycles. The van der Waals surface area contributed by atoms with E-state index in [-0.39, 0.29) is 5.91 Å². The van der Waals surface area contributed by atoms with Crippen LogP contribution in [-0.4, -0.2) is 37.6 Å². The molecule has 1 aliphatic rings. The van der Waals surface area contributed by atoms with Crippen molar-refractivity contribution < 1.29 is 17.6 Å². The van der Waals surface area contributed by atoms with Gasteiger partial charge in [0.15, 0.2) is 9.84 Å². The van der Waals surface area contributed by atoms with Crippen LogP contribution in [0.1, 0.15) is 23.2 Å². The number of carbonyl (C=O) groups excluding carboxylic acids is 1. The van der Waals surface area contributed by atoms with Crippen molar-refractivity contribution >= 4 is 15.7 Å². The molecule has 24 heavy (non-hydrogen) atoms. The number of benzene rings is 2. The van der Waals surface area contributed by atoms with E-state index in [1.807, 2.05) is 0 Å². The summed E-state index contributed by atoms with van der Waals surface area (Å²) < 4.78 is 38.5. The number of piperidine rings is 1. The third-order valence-corrected chi connectivity index (χ3v) is 6.59. The minimum Gasteiger partial charge on any atom is -0.339 e. The molecule has 2 aromatic rings. The summed E-state index contributed by atoms with van der Waals surface area (Å²) in [5.41, 5.74) is 0.291. The summed E-state index contributed by atoms with van der Waals surface area (Å²) >= 11 is 0. The highest BCUT2D eigenvalue weighted by Gasteiger charge is 2.32. The molecule has 0 atom stereocenters. The largest absolute Gasteiger partial charge is 0.339 e. The molecule has 0 aromatic heterocycles. The van der Waals surface area contributed by atoms with Crippen LogP contribution >= 0.6 is 0 Å². The second kappa shape index (κ2) is 6.73. The van der Waals surface area contributed by atoms with Gasteiger partial charge in [0.1, 0.15) is 5.82 Å². The average Bonchev–Trinajstić information content (AvgIpc) is 2.62. The minimum atomic E-state index is -3.38. The Kier molecular flexibility index (Phi) is 4.66. The van der Waals surface area contributed by atoms with Crippen LogP contribution in [0.15, 0.2) is 59.5 Å². The highest BCUT2D eigenvalue weighted by molar-refractivity contribution is 7.92. The fourth-order valence-corrected chi connectivity index (χ4v) is 4.73. The van der Waals surface area contributed by atoms with E-state index < -0.39 is 20.9 Å². The van der Waals surface area contributed by atoms with E-state index in [0.29, 0.717) is 36.4 Å². The van der Waals surface area contributed by atoms with E-state index >= 15 is 0 Å². The average molecular weight is 347 g/mol. The first-order chi connectivity index (χ1) is 11.5. The number of rotatable bonds is 3. The Hall–Kier alpha value is -2.21. The standard InChI is InChI=1S/C18H18FNO3S/c19-15-6-4-5-14(13-15)18(21)20-11-9-17(10-12-20)24(22,23)16-7-2-1-3-8-16/h1-8,13,17H,9-12H2. The van der Waals surface area contributed by atoms with Gasteiger partial charge in [0.05, 0.1) is 10.1 Å². The van der Waals surface area contributed by atoms with Gasteiger partial charge in [-0.05, 0) is 43.2 Å². The van der Waals surface area contributed by atoms with Crippen molar-refractivity contribution in [2.24, 2.45) is 0 Å². The first kappa shape index (κ1) is 16.6. The molecule has 0 aliphatic carbocycles. The van der Waals surface area contributed by atoms with Crippen LogP contribution in [0.5, 0.6) is 0 Å². The Balaban J connectivity index is 1.69. The van der Waals surface area contributed by atoms with Crippen molar-refractivity contribution in [2.75, 3.05) is 13.1 Å². The van der Waals surface area contributed by atoms with Gasteiger partial charge in [0, 0.05) is 18.7 Å². The van der Waals surface area contributed by atoms with Crippen LogP contribution in [0.3, 0.4) is 0 Å². The quantitative estimate of drug-likeness (QED) is 0.858. The summed E-state index contributed by atoms with van der Waals surface area (Å²) in [6.45, 7) is 0.707. The van der Waals surface area contributed by atoms with Crippen LogP contribution in [0.2, 0.25) is 0 Å². The van der Waals surface area contributed by atoms with Gasteiger partial charge >= 0.3 is 0 Å². The Bertz CT molecular complexity index is 828. The smallest absolute Gasteiger partial charge is 0.253 e. The van der Waals surface area contributed by atoms with Crippen LogP contribution in [0.4, 0.5) is 4.39 Å². The monoisotopic (exact) mass is 347 g/mol. The van der Waals surface area contributed by atoms with Crippen LogP contribution in [-0.2, 0) is 9.84 Å². The Morgan fingerprint density at radius 2 is 1.67 bits per heavy atom. The van der Waals surface area contributed by atoms with Crippen molar-refractivity contribution in [1.29, 1.82) is 0 Å². The van der Waals surface area contributed by atoms with E-state index in [0.717, 1.165) is 0 Å². The van der Waals surface area contributed by atoms with E-state index in [2.05, 4.69) is 0 Å². The number of halogens is 1. The number of amides is 1. The molecule has 1 aliphatic heterocycles. The lowest BCUT2D eigenvalue weighted by Gasteiger charge is -2.31. The molecule has 3 rings (SSSR count). The maximum atomic E-state index is 13.3.